The molecular weight excluding hydrogens is 668 g/mol. The van der Waals surface area contributed by atoms with E-state index < -0.39 is 17.6 Å². The predicted molar refractivity (Wildman–Crippen MR) is 190 cm³/mol. The van der Waals surface area contributed by atoms with Crippen molar-refractivity contribution in [2.24, 2.45) is 0 Å². The smallest absolute Gasteiger partial charge is 0.348 e. The predicted octanol–water partition coefficient (Wildman–Crippen LogP) is 2.28. The summed E-state index contributed by atoms with van der Waals surface area (Å²) >= 11 is 0. The highest BCUT2D eigenvalue weighted by molar-refractivity contribution is 6.07. The number of hydrogen-bond acceptors (Lipinski definition) is 10. The molecule has 52 heavy (non-hydrogen) atoms. The molecule has 5 N–H and O–H groups in total. The first-order valence-electron chi connectivity index (χ1n) is 17.3. The number of carbonyl (C=O) groups is 4. The summed E-state index contributed by atoms with van der Waals surface area (Å²) in [5, 5.41) is 32.8. The molecule has 2 saturated heterocycles. The Labute approximate surface area is 298 Å². The molecule has 3 aliphatic rings. The Balaban J connectivity index is 0.936. The van der Waals surface area contributed by atoms with Crippen LogP contribution in [0.15, 0.2) is 59.4 Å². The van der Waals surface area contributed by atoms with E-state index in [9.17, 15) is 34.2 Å². The van der Waals surface area contributed by atoms with Crippen LogP contribution in [0.3, 0.4) is 0 Å². The number of nitrogens with zero attached hydrogens (tertiary/aromatic N) is 5. The topological polar surface area (TPSA) is 193 Å². The minimum absolute atomic E-state index is 0.0124. The van der Waals surface area contributed by atoms with Crippen LogP contribution >= 0.6 is 0 Å². The summed E-state index contributed by atoms with van der Waals surface area (Å²) in [5.41, 5.74) is 3.76. The highest BCUT2D eigenvalue weighted by atomic mass is 16.3. The van der Waals surface area contributed by atoms with Gasteiger partial charge >= 0.3 is 5.69 Å². The van der Waals surface area contributed by atoms with Crippen LogP contribution in [-0.4, -0.2) is 102 Å². The maximum atomic E-state index is 13.1. The van der Waals surface area contributed by atoms with Gasteiger partial charge in [0.25, 0.3) is 5.91 Å². The standard InChI is InChI=1S/C37H40N8O7/c1-21(2)25-16-26(31(47)17-30(25)46)34-40-41-37(52)45(34)23-8-6-22(7-9-23)18-42-12-14-43(15-13-42)20-33(49)38-28-5-3-4-24-27(28)19-44(36(24)51)29-10-11-32(48)39-35(29)50/h3-9,16-17,21,29,46-47H,10-15,18-20H2,1-2H3,(H,38,49)(H,41,52)(H,39,48,50). The molecule has 1 unspecified atom stereocenters. The van der Waals surface area contributed by atoms with Gasteiger partial charge in [-0.15, -0.1) is 0 Å². The van der Waals surface area contributed by atoms with E-state index in [4.69, 9.17) is 0 Å². The number of aromatic amines is 1. The number of phenols is 2. The van der Waals surface area contributed by atoms with Gasteiger partial charge in [-0.1, -0.05) is 32.0 Å². The summed E-state index contributed by atoms with van der Waals surface area (Å²) in [4.78, 5) is 69.0. The lowest BCUT2D eigenvalue weighted by Crippen LogP contribution is -2.52. The Morgan fingerprint density at radius 3 is 2.38 bits per heavy atom. The molecule has 0 spiro atoms. The van der Waals surface area contributed by atoms with Crippen LogP contribution in [-0.2, 0) is 27.5 Å². The molecule has 15 heteroatoms. The van der Waals surface area contributed by atoms with Gasteiger partial charge in [0.15, 0.2) is 5.82 Å². The number of H-pyrrole nitrogens is 1. The SMILES string of the molecule is CC(C)c1cc(-c2n[nH]c(=O)n2-c2ccc(CN3CCN(CC(=O)Nc4cccc5c4CN(C4CCC(=O)NC4=O)C5=O)CC3)cc2)c(O)cc1O. The zero-order chi connectivity index (χ0) is 36.7. The number of carbonyl (C=O) groups excluding carboxylic acids is 4. The van der Waals surface area contributed by atoms with Crippen molar-refractivity contribution in [3.05, 3.63) is 87.3 Å². The normalized spacial score (nSPS) is 18.2. The van der Waals surface area contributed by atoms with E-state index in [0.29, 0.717) is 53.3 Å². The van der Waals surface area contributed by atoms with Crippen molar-refractivity contribution in [2.45, 2.75) is 51.7 Å². The van der Waals surface area contributed by atoms with Gasteiger partial charge in [-0.2, -0.15) is 5.10 Å². The largest absolute Gasteiger partial charge is 0.508 e. The number of aromatic nitrogens is 3. The van der Waals surface area contributed by atoms with Gasteiger partial charge in [0, 0.05) is 68.6 Å². The fourth-order valence-electron chi connectivity index (χ4n) is 7.16. The van der Waals surface area contributed by atoms with Gasteiger partial charge in [-0.3, -0.25) is 34.3 Å². The number of nitrogens with one attached hydrogen (secondary N) is 3. The number of piperazine rings is 1. The number of piperidine rings is 1. The van der Waals surface area contributed by atoms with Crippen molar-refractivity contribution in [3.8, 4) is 28.6 Å². The molecule has 7 rings (SSSR count). The van der Waals surface area contributed by atoms with Gasteiger partial charge in [-0.25, -0.2) is 14.5 Å². The molecule has 0 bridgehead atoms. The first-order valence-corrected chi connectivity index (χ1v) is 17.3. The third kappa shape index (κ3) is 6.79. The molecule has 4 heterocycles. The number of phenolic OH excluding ortho intramolecular Hbond substituents is 2. The van der Waals surface area contributed by atoms with E-state index in [1.165, 1.54) is 15.5 Å². The minimum atomic E-state index is -0.727. The molecule has 3 aliphatic heterocycles. The van der Waals surface area contributed by atoms with Crippen LogP contribution in [0, 0.1) is 0 Å². The summed E-state index contributed by atoms with van der Waals surface area (Å²) < 4.78 is 1.39. The summed E-state index contributed by atoms with van der Waals surface area (Å²) in [7, 11) is 0. The Morgan fingerprint density at radius 1 is 0.942 bits per heavy atom. The highest BCUT2D eigenvalue weighted by Gasteiger charge is 2.40. The lowest BCUT2D eigenvalue weighted by atomic mass is 9.98. The van der Waals surface area contributed by atoms with Gasteiger partial charge in [-0.05, 0) is 53.8 Å². The molecule has 2 fully saturated rings. The van der Waals surface area contributed by atoms with Crippen LogP contribution < -0.4 is 16.3 Å². The van der Waals surface area contributed by atoms with E-state index in [1.54, 1.807) is 24.3 Å². The second-order valence-electron chi connectivity index (χ2n) is 13.8. The maximum Gasteiger partial charge on any atom is 0.348 e. The summed E-state index contributed by atoms with van der Waals surface area (Å²) in [6.07, 6.45) is 0.439. The molecule has 3 aromatic carbocycles. The van der Waals surface area contributed by atoms with Crippen molar-refractivity contribution in [3.63, 3.8) is 0 Å². The summed E-state index contributed by atoms with van der Waals surface area (Å²) in [6, 6.07) is 14.9. The molecule has 1 aromatic heterocycles. The van der Waals surface area contributed by atoms with Crippen molar-refractivity contribution in [1.29, 1.82) is 0 Å². The van der Waals surface area contributed by atoms with Gasteiger partial charge in [0.05, 0.1) is 17.8 Å². The number of hydrogen-bond donors (Lipinski definition) is 5. The van der Waals surface area contributed by atoms with E-state index in [0.717, 1.165) is 18.7 Å². The van der Waals surface area contributed by atoms with Gasteiger partial charge < -0.3 is 20.4 Å². The van der Waals surface area contributed by atoms with E-state index in [-0.39, 0.29) is 66.9 Å². The van der Waals surface area contributed by atoms with Gasteiger partial charge in [0.1, 0.15) is 17.5 Å². The molecule has 4 aromatic rings. The Bertz CT molecular complexity index is 2110. The molecule has 15 nitrogen and oxygen atoms in total. The zero-order valence-electron chi connectivity index (χ0n) is 28.9. The number of benzene rings is 3. The molecule has 270 valence electrons. The van der Waals surface area contributed by atoms with Crippen molar-refractivity contribution in [1.82, 2.24) is 34.8 Å². The Kier molecular flexibility index (Phi) is 9.38. The van der Waals surface area contributed by atoms with Crippen molar-refractivity contribution in [2.75, 3.05) is 38.0 Å². The van der Waals surface area contributed by atoms with Crippen LogP contribution in [0.2, 0.25) is 0 Å². The lowest BCUT2D eigenvalue weighted by Gasteiger charge is -2.34. The van der Waals surface area contributed by atoms with E-state index >= 15 is 0 Å². The van der Waals surface area contributed by atoms with Crippen LogP contribution in [0.5, 0.6) is 11.5 Å². The highest BCUT2D eigenvalue weighted by Crippen LogP contribution is 2.37. The number of fused-ring (bicyclic) bond motifs is 1. The van der Waals surface area contributed by atoms with Crippen LogP contribution in [0.25, 0.3) is 17.1 Å². The summed E-state index contributed by atoms with van der Waals surface area (Å²) in [5.74, 6) is -1.30. The fraction of sp³-hybridized carbons (Fsp3) is 0.351. The number of aromatic hydroxyl groups is 2. The molecular formula is C37H40N8O7. The third-order valence-corrected chi connectivity index (χ3v) is 9.97. The second kappa shape index (κ2) is 14.1. The maximum absolute atomic E-state index is 13.1. The Hall–Kier alpha value is -5.80. The van der Waals surface area contributed by atoms with Crippen LogP contribution in [0.4, 0.5) is 5.69 Å². The van der Waals surface area contributed by atoms with E-state index in [1.807, 2.05) is 38.1 Å². The van der Waals surface area contributed by atoms with Gasteiger partial charge in [0.2, 0.25) is 17.7 Å². The first kappa shape index (κ1) is 34.6. The Morgan fingerprint density at radius 2 is 1.67 bits per heavy atom. The fourth-order valence-corrected chi connectivity index (χ4v) is 7.16. The number of rotatable bonds is 9. The molecule has 1 atom stereocenters. The van der Waals surface area contributed by atoms with Crippen molar-refractivity contribution < 1.29 is 29.4 Å². The minimum Gasteiger partial charge on any atom is -0.508 e. The summed E-state index contributed by atoms with van der Waals surface area (Å²) in [6.45, 7) is 7.75. The average molecular weight is 709 g/mol. The first-order chi connectivity index (χ1) is 25.0. The van der Waals surface area contributed by atoms with Crippen LogP contribution in [0.1, 0.15) is 59.7 Å². The average Bonchev–Trinajstić information content (AvgIpc) is 3.65. The van der Waals surface area contributed by atoms with E-state index in [2.05, 4.69) is 30.6 Å². The quantitative estimate of drug-likeness (QED) is 0.161. The number of anilines is 1. The molecule has 0 aliphatic carbocycles. The van der Waals surface area contributed by atoms with Crippen molar-refractivity contribution >= 4 is 29.3 Å². The number of amides is 4. The molecule has 0 saturated carbocycles. The number of imide groups is 1. The molecule has 0 radical (unpaired) electrons. The lowest BCUT2D eigenvalue weighted by molar-refractivity contribution is -0.137. The zero-order valence-corrected chi connectivity index (χ0v) is 28.9. The molecule has 4 amide bonds. The third-order valence-electron chi connectivity index (χ3n) is 9.97. The monoisotopic (exact) mass is 708 g/mol. The second-order valence-corrected chi connectivity index (χ2v) is 13.8.